The average molecular weight is 266 g/mol. The van der Waals surface area contributed by atoms with Gasteiger partial charge in [0.15, 0.2) is 0 Å². The molecule has 0 bridgehead atoms. The summed E-state index contributed by atoms with van der Waals surface area (Å²) < 4.78 is 0. The lowest BCUT2D eigenvalue weighted by Crippen LogP contribution is -2.38. The van der Waals surface area contributed by atoms with Gasteiger partial charge in [-0.2, -0.15) is 5.26 Å². The van der Waals surface area contributed by atoms with Gasteiger partial charge >= 0.3 is 0 Å². The number of nitrogens with zero attached hydrogens (tertiary/aromatic N) is 2. The van der Waals surface area contributed by atoms with Crippen molar-refractivity contribution in [1.29, 1.82) is 5.26 Å². The molecule has 0 spiro atoms. The van der Waals surface area contributed by atoms with Crippen molar-refractivity contribution in [2.45, 2.75) is 19.9 Å². The first-order valence-corrected chi connectivity index (χ1v) is 6.08. The number of halogens is 1. The summed E-state index contributed by atoms with van der Waals surface area (Å²) >= 11 is 5.92. The zero-order valence-corrected chi connectivity index (χ0v) is 11.5. The largest absolute Gasteiger partial charge is 0.374 e. The summed E-state index contributed by atoms with van der Waals surface area (Å²) in [4.78, 5) is 13.5. The van der Waals surface area contributed by atoms with Crippen molar-refractivity contribution in [2.75, 3.05) is 18.9 Å². The van der Waals surface area contributed by atoms with Crippen molar-refractivity contribution < 1.29 is 4.79 Å². The van der Waals surface area contributed by atoms with Crippen LogP contribution in [-0.2, 0) is 4.79 Å². The van der Waals surface area contributed by atoms with Gasteiger partial charge in [-0.05, 0) is 32.0 Å². The van der Waals surface area contributed by atoms with Crippen LogP contribution in [0.3, 0.4) is 0 Å². The second kappa shape index (κ2) is 6.27. The molecule has 96 valence electrons. The van der Waals surface area contributed by atoms with E-state index in [1.54, 1.807) is 37.1 Å². The van der Waals surface area contributed by atoms with Crippen LogP contribution in [0, 0.1) is 11.3 Å². The minimum atomic E-state index is -0.334. The number of hydrogen-bond acceptors (Lipinski definition) is 3. The number of carbonyl (C=O) groups excluding carboxylic acids is 1. The van der Waals surface area contributed by atoms with Crippen LogP contribution in [-0.4, -0.2) is 30.4 Å². The zero-order valence-electron chi connectivity index (χ0n) is 10.7. The fourth-order valence-electron chi connectivity index (χ4n) is 1.49. The molecule has 0 aliphatic carbocycles. The molecule has 0 heterocycles. The minimum absolute atomic E-state index is 0.0120. The maximum Gasteiger partial charge on any atom is 0.244 e. The van der Waals surface area contributed by atoms with Gasteiger partial charge in [-0.15, -0.1) is 0 Å². The highest BCUT2D eigenvalue weighted by Crippen LogP contribution is 2.20. The molecule has 4 nitrogen and oxygen atoms in total. The third kappa shape index (κ3) is 3.38. The highest BCUT2D eigenvalue weighted by Gasteiger charge is 2.16. The molecule has 0 saturated heterocycles. The standard InChI is InChI=1S/C13H16ClN3O/c1-4-17(3)13(18)9(2)16-11-6-5-10(8-15)12(14)7-11/h5-7,9,16H,4H2,1-3H3. The Morgan fingerprint density at radius 3 is 2.78 bits per heavy atom. The molecule has 18 heavy (non-hydrogen) atoms. The number of benzene rings is 1. The van der Waals surface area contributed by atoms with E-state index in [2.05, 4.69) is 5.32 Å². The van der Waals surface area contributed by atoms with Crippen molar-refractivity contribution in [3.63, 3.8) is 0 Å². The van der Waals surface area contributed by atoms with E-state index in [0.717, 1.165) is 5.69 Å². The molecule has 0 saturated carbocycles. The van der Waals surface area contributed by atoms with Gasteiger partial charge < -0.3 is 10.2 Å². The van der Waals surface area contributed by atoms with E-state index in [1.165, 1.54) is 0 Å². The lowest BCUT2D eigenvalue weighted by molar-refractivity contribution is -0.130. The summed E-state index contributed by atoms with van der Waals surface area (Å²) in [6.45, 7) is 4.38. The maximum atomic E-state index is 11.9. The lowest BCUT2D eigenvalue weighted by Gasteiger charge is -2.21. The van der Waals surface area contributed by atoms with E-state index in [4.69, 9.17) is 16.9 Å². The number of carbonyl (C=O) groups is 1. The van der Waals surface area contributed by atoms with Crippen molar-refractivity contribution in [3.8, 4) is 6.07 Å². The Balaban J connectivity index is 2.77. The van der Waals surface area contributed by atoms with Gasteiger partial charge in [0.1, 0.15) is 12.1 Å². The van der Waals surface area contributed by atoms with Crippen LogP contribution < -0.4 is 5.32 Å². The smallest absolute Gasteiger partial charge is 0.244 e. The van der Waals surface area contributed by atoms with E-state index in [9.17, 15) is 4.79 Å². The minimum Gasteiger partial charge on any atom is -0.374 e. The van der Waals surface area contributed by atoms with Crippen molar-refractivity contribution in [3.05, 3.63) is 28.8 Å². The van der Waals surface area contributed by atoms with Crippen LogP contribution in [0.2, 0.25) is 5.02 Å². The Kier molecular flexibility index (Phi) is 4.99. The number of nitriles is 1. The van der Waals surface area contributed by atoms with Gasteiger partial charge in [-0.25, -0.2) is 0 Å². The predicted octanol–water partition coefficient (Wildman–Crippen LogP) is 2.49. The molecule has 0 fully saturated rings. The first-order chi connectivity index (χ1) is 8.49. The molecule has 1 amide bonds. The molecule has 1 N–H and O–H groups in total. The highest BCUT2D eigenvalue weighted by atomic mass is 35.5. The van der Waals surface area contributed by atoms with Gasteiger partial charge in [0.05, 0.1) is 10.6 Å². The van der Waals surface area contributed by atoms with Gasteiger partial charge in [-0.1, -0.05) is 11.6 Å². The Labute approximate surface area is 112 Å². The second-order valence-corrected chi connectivity index (χ2v) is 4.43. The van der Waals surface area contributed by atoms with E-state index >= 15 is 0 Å². The summed E-state index contributed by atoms with van der Waals surface area (Å²) in [5.41, 5.74) is 1.15. The SMILES string of the molecule is CCN(C)C(=O)C(C)Nc1ccc(C#N)c(Cl)c1. The van der Waals surface area contributed by atoms with Gasteiger partial charge in [0.2, 0.25) is 5.91 Å². The first kappa shape index (κ1) is 14.3. The maximum absolute atomic E-state index is 11.9. The Morgan fingerprint density at radius 1 is 1.61 bits per heavy atom. The fourth-order valence-corrected chi connectivity index (χ4v) is 1.72. The monoisotopic (exact) mass is 265 g/mol. The zero-order chi connectivity index (χ0) is 13.7. The van der Waals surface area contributed by atoms with Crippen LogP contribution >= 0.6 is 11.6 Å². The summed E-state index contributed by atoms with van der Waals surface area (Å²) in [5.74, 6) is 0.0120. The Hall–Kier alpha value is -1.73. The summed E-state index contributed by atoms with van der Waals surface area (Å²) in [6.07, 6.45) is 0. The number of likely N-dealkylation sites (N-methyl/N-ethyl adjacent to an activating group) is 1. The number of nitrogens with one attached hydrogen (secondary N) is 1. The average Bonchev–Trinajstić information content (AvgIpc) is 2.37. The molecule has 1 aromatic rings. The van der Waals surface area contributed by atoms with E-state index in [1.807, 2.05) is 13.0 Å². The van der Waals surface area contributed by atoms with E-state index < -0.39 is 0 Å². The summed E-state index contributed by atoms with van der Waals surface area (Å²) in [6, 6.07) is 6.67. The topological polar surface area (TPSA) is 56.1 Å². The normalized spacial score (nSPS) is 11.5. The molecule has 0 aliphatic rings. The van der Waals surface area contributed by atoms with Crippen molar-refractivity contribution in [2.24, 2.45) is 0 Å². The number of anilines is 1. The lowest BCUT2D eigenvalue weighted by atomic mass is 10.2. The van der Waals surface area contributed by atoms with Gasteiger partial charge in [-0.3, -0.25) is 4.79 Å². The molecule has 0 radical (unpaired) electrons. The number of rotatable bonds is 4. The molecule has 1 atom stereocenters. The quantitative estimate of drug-likeness (QED) is 0.910. The van der Waals surface area contributed by atoms with E-state index in [-0.39, 0.29) is 11.9 Å². The van der Waals surface area contributed by atoms with E-state index in [0.29, 0.717) is 17.1 Å². The molecule has 0 aliphatic heterocycles. The molecule has 1 aromatic carbocycles. The third-order valence-electron chi connectivity index (χ3n) is 2.69. The molecule has 5 heteroatoms. The van der Waals surface area contributed by atoms with Crippen LogP contribution in [0.25, 0.3) is 0 Å². The number of hydrogen-bond donors (Lipinski definition) is 1. The Morgan fingerprint density at radius 2 is 2.28 bits per heavy atom. The third-order valence-corrected chi connectivity index (χ3v) is 3.01. The van der Waals surface area contributed by atoms with Crippen LogP contribution in [0.1, 0.15) is 19.4 Å². The van der Waals surface area contributed by atoms with Gasteiger partial charge in [0.25, 0.3) is 0 Å². The van der Waals surface area contributed by atoms with Crippen molar-refractivity contribution >= 4 is 23.2 Å². The summed E-state index contributed by atoms with van der Waals surface area (Å²) in [7, 11) is 1.76. The summed E-state index contributed by atoms with van der Waals surface area (Å²) in [5, 5.41) is 12.2. The molecular weight excluding hydrogens is 250 g/mol. The second-order valence-electron chi connectivity index (χ2n) is 4.02. The molecular formula is C13H16ClN3O. The molecule has 1 rings (SSSR count). The van der Waals surface area contributed by atoms with Crippen LogP contribution in [0.5, 0.6) is 0 Å². The van der Waals surface area contributed by atoms with Crippen LogP contribution in [0.15, 0.2) is 18.2 Å². The first-order valence-electron chi connectivity index (χ1n) is 5.70. The van der Waals surface area contributed by atoms with Crippen molar-refractivity contribution in [1.82, 2.24) is 4.90 Å². The fraction of sp³-hybridized carbons (Fsp3) is 0.385. The van der Waals surface area contributed by atoms with Crippen LogP contribution in [0.4, 0.5) is 5.69 Å². The van der Waals surface area contributed by atoms with Gasteiger partial charge in [0, 0.05) is 19.3 Å². The Bertz CT molecular complexity index is 482. The predicted molar refractivity (Wildman–Crippen MR) is 72.6 cm³/mol. The molecule has 1 unspecified atom stereocenters. The molecule has 0 aromatic heterocycles. The highest BCUT2D eigenvalue weighted by molar-refractivity contribution is 6.32. The number of amides is 1.